The van der Waals surface area contributed by atoms with Crippen LogP contribution in [0.3, 0.4) is 0 Å². The van der Waals surface area contributed by atoms with Gasteiger partial charge in [-0.2, -0.15) is 0 Å². The van der Waals surface area contributed by atoms with Crippen molar-refractivity contribution >= 4 is 35.3 Å². The number of halogens is 2. The molecule has 0 fully saturated rings. The molecule has 9 nitrogen and oxygen atoms in total. The molecule has 3 rings (SSSR count). The first-order valence-corrected chi connectivity index (χ1v) is 11.1. The minimum Gasteiger partial charge on any atom is -0.444 e. The predicted molar refractivity (Wildman–Crippen MR) is 127 cm³/mol. The number of ether oxygens (including phenoxy) is 2. The number of fused-ring (bicyclic) bond motifs is 1. The van der Waals surface area contributed by atoms with Gasteiger partial charge >= 0.3 is 12.2 Å². The number of carbonyl (C=O) groups is 2. The van der Waals surface area contributed by atoms with E-state index in [0.717, 1.165) is 0 Å². The van der Waals surface area contributed by atoms with E-state index in [1.807, 2.05) is 0 Å². The van der Waals surface area contributed by atoms with Gasteiger partial charge in [0.1, 0.15) is 27.7 Å². The second kappa shape index (κ2) is 8.90. The van der Waals surface area contributed by atoms with Crippen molar-refractivity contribution in [3.8, 4) is 0 Å². The minimum atomic E-state index is -1.17. The fourth-order valence-corrected chi connectivity index (χ4v) is 3.62. The number of anilines is 1. The van der Waals surface area contributed by atoms with Crippen molar-refractivity contribution < 1.29 is 23.5 Å². The summed E-state index contributed by atoms with van der Waals surface area (Å²) >= 11 is 6.10. The summed E-state index contributed by atoms with van der Waals surface area (Å²) in [5.74, 6) is -0.135. The lowest BCUT2D eigenvalue weighted by molar-refractivity contribution is 0.0560. The van der Waals surface area contributed by atoms with Gasteiger partial charge in [0, 0.05) is 17.4 Å². The lowest BCUT2D eigenvalue weighted by Crippen LogP contribution is -2.43. The Kier molecular flexibility index (Phi) is 6.67. The molecule has 2 N–H and O–H groups in total. The van der Waals surface area contributed by atoms with Gasteiger partial charge in [-0.15, -0.1) is 0 Å². The summed E-state index contributed by atoms with van der Waals surface area (Å²) < 4.78 is 27.3. The van der Waals surface area contributed by atoms with Crippen LogP contribution in [0.5, 0.6) is 0 Å². The average Bonchev–Trinajstić information content (AvgIpc) is 3.00. The molecule has 34 heavy (non-hydrogen) atoms. The number of amides is 2. The minimum absolute atomic E-state index is 0.0832. The number of rotatable bonds is 2. The molecular weight excluding hydrogens is 465 g/mol. The van der Waals surface area contributed by atoms with Crippen LogP contribution in [0.25, 0.3) is 0 Å². The molecule has 2 amide bonds. The van der Waals surface area contributed by atoms with Gasteiger partial charge in [0.2, 0.25) is 0 Å². The monoisotopic (exact) mass is 493 g/mol. The molecule has 1 atom stereocenters. The molecule has 0 saturated heterocycles. The van der Waals surface area contributed by atoms with Crippen molar-refractivity contribution in [2.45, 2.75) is 71.8 Å². The Labute approximate surface area is 202 Å². The van der Waals surface area contributed by atoms with Crippen molar-refractivity contribution in [2.24, 2.45) is 4.99 Å². The van der Waals surface area contributed by atoms with Crippen molar-refractivity contribution in [1.82, 2.24) is 14.9 Å². The highest BCUT2D eigenvalue weighted by Crippen LogP contribution is 2.35. The van der Waals surface area contributed by atoms with E-state index in [1.54, 1.807) is 59.2 Å². The fraction of sp³-hybridized carbons (Fsp3) is 0.478. The molecule has 1 aliphatic heterocycles. The molecule has 0 bridgehead atoms. The summed E-state index contributed by atoms with van der Waals surface area (Å²) in [6.45, 7) is 12.3. The van der Waals surface area contributed by atoms with Crippen LogP contribution in [0.15, 0.2) is 29.4 Å². The average molecular weight is 494 g/mol. The third-order valence-corrected chi connectivity index (χ3v) is 4.79. The van der Waals surface area contributed by atoms with Gasteiger partial charge in [-0.1, -0.05) is 11.6 Å². The Morgan fingerprint density at radius 1 is 1.09 bits per heavy atom. The van der Waals surface area contributed by atoms with Crippen LogP contribution >= 0.6 is 11.6 Å². The number of hydrogen-bond donors (Lipinski definition) is 2. The molecular formula is C23H29ClFN5O4. The number of benzene rings is 1. The van der Waals surface area contributed by atoms with E-state index in [9.17, 15) is 9.59 Å². The smallest absolute Gasteiger partial charge is 0.413 e. The second-order valence-electron chi connectivity index (χ2n) is 10.2. The predicted octanol–water partition coefficient (Wildman–Crippen LogP) is 5.22. The molecule has 1 unspecified atom stereocenters. The van der Waals surface area contributed by atoms with E-state index >= 15 is 4.39 Å². The highest BCUT2D eigenvalue weighted by atomic mass is 35.5. The Morgan fingerprint density at radius 3 is 2.26 bits per heavy atom. The maximum atomic E-state index is 15.0. The van der Waals surface area contributed by atoms with Gasteiger partial charge in [0.15, 0.2) is 11.7 Å². The topological polar surface area (TPSA) is 107 Å². The zero-order valence-corrected chi connectivity index (χ0v) is 21.0. The summed E-state index contributed by atoms with van der Waals surface area (Å²) in [6.07, 6.45) is 0.168. The maximum Gasteiger partial charge on any atom is 0.413 e. The van der Waals surface area contributed by atoms with E-state index in [-0.39, 0.29) is 23.1 Å². The molecule has 1 aliphatic rings. The Morgan fingerprint density at radius 2 is 1.68 bits per heavy atom. The number of nitrogens with one attached hydrogen (secondary N) is 2. The summed E-state index contributed by atoms with van der Waals surface area (Å²) in [5.41, 5.74) is -2.06. The van der Waals surface area contributed by atoms with E-state index in [1.165, 1.54) is 18.2 Å². The number of carbonyl (C=O) groups excluding carboxylic acids is 2. The number of aromatic nitrogens is 2. The SMILES string of the molecule is CC(C)(C)OC(=O)NC1=NC(C)(c2cc(NC(=O)OC(C)(C)C)ccc2F)Cn2cc(Cl)nc21. The quantitative estimate of drug-likeness (QED) is 0.596. The first-order chi connectivity index (χ1) is 15.5. The molecule has 2 heterocycles. The van der Waals surface area contributed by atoms with Crippen LogP contribution in [-0.4, -0.2) is 38.8 Å². The molecule has 0 radical (unpaired) electrons. The van der Waals surface area contributed by atoms with Crippen LogP contribution in [0.2, 0.25) is 5.15 Å². The number of imidazole rings is 1. The normalized spacial score (nSPS) is 18.0. The van der Waals surface area contributed by atoms with E-state index in [2.05, 4.69) is 20.6 Å². The van der Waals surface area contributed by atoms with Crippen LogP contribution < -0.4 is 10.6 Å². The van der Waals surface area contributed by atoms with Crippen LogP contribution in [0.1, 0.15) is 59.9 Å². The van der Waals surface area contributed by atoms with Crippen LogP contribution in [0.4, 0.5) is 19.7 Å². The standard InChI is InChI=1S/C23H29ClFN5O4/c1-21(2,3)33-19(31)26-13-8-9-15(25)14(10-13)23(7)12-30-11-16(24)27-18(30)17(29-23)28-20(32)34-22(4,5)6/h8-11H,12H2,1-7H3,(H,26,31)(H,28,29,32). The van der Waals surface area contributed by atoms with Crippen molar-refractivity contribution in [1.29, 1.82) is 0 Å². The molecule has 1 aromatic carbocycles. The van der Waals surface area contributed by atoms with Crippen LogP contribution in [-0.2, 0) is 21.6 Å². The number of hydrogen-bond acceptors (Lipinski definition) is 6. The first kappa shape index (κ1) is 25.5. The third kappa shape index (κ3) is 6.25. The molecule has 0 aliphatic carbocycles. The lowest BCUT2D eigenvalue weighted by Gasteiger charge is -2.32. The number of nitrogens with zero attached hydrogens (tertiary/aromatic N) is 3. The van der Waals surface area contributed by atoms with Crippen molar-refractivity contribution in [2.75, 3.05) is 5.32 Å². The van der Waals surface area contributed by atoms with E-state index in [4.69, 9.17) is 21.1 Å². The van der Waals surface area contributed by atoms with Gasteiger partial charge in [-0.05, 0) is 66.7 Å². The highest BCUT2D eigenvalue weighted by Gasteiger charge is 2.37. The Bertz CT molecular complexity index is 1150. The van der Waals surface area contributed by atoms with E-state index < -0.39 is 34.7 Å². The van der Waals surface area contributed by atoms with Crippen molar-refractivity contribution in [3.05, 3.63) is 46.8 Å². The number of aliphatic imine (C=N–C) groups is 1. The molecule has 2 aromatic rings. The third-order valence-electron chi connectivity index (χ3n) is 4.61. The van der Waals surface area contributed by atoms with Gasteiger partial charge < -0.3 is 14.0 Å². The molecule has 184 valence electrons. The second-order valence-corrected chi connectivity index (χ2v) is 10.6. The van der Waals surface area contributed by atoms with Crippen molar-refractivity contribution in [3.63, 3.8) is 0 Å². The zero-order chi connectivity index (χ0) is 25.5. The number of amidine groups is 1. The summed E-state index contributed by atoms with van der Waals surface area (Å²) in [4.78, 5) is 33.5. The highest BCUT2D eigenvalue weighted by molar-refractivity contribution is 6.29. The summed E-state index contributed by atoms with van der Waals surface area (Å²) in [6, 6.07) is 4.15. The summed E-state index contributed by atoms with van der Waals surface area (Å²) in [5, 5.41) is 5.40. The maximum absolute atomic E-state index is 15.0. The van der Waals surface area contributed by atoms with Gasteiger partial charge in [0.05, 0.1) is 6.54 Å². The molecule has 0 spiro atoms. The summed E-state index contributed by atoms with van der Waals surface area (Å²) in [7, 11) is 0. The Hall–Kier alpha value is -3.14. The lowest BCUT2D eigenvalue weighted by atomic mass is 9.90. The fourth-order valence-electron chi connectivity index (χ4n) is 3.42. The Balaban J connectivity index is 1.97. The molecule has 0 saturated carbocycles. The molecule has 1 aromatic heterocycles. The first-order valence-electron chi connectivity index (χ1n) is 10.7. The number of alkyl carbamates (subject to hydrolysis) is 1. The van der Waals surface area contributed by atoms with Gasteiger partial charge in [-0.25, -0.2) is 19.0 Å². The molecule has 11 heteroatoms. The largest absolute Gasteiger partial charge is 0.444 e. The van der Waals surface area contributed by atoms with Gasteiger partial charge in [-0.3, -0.25) is 15.6 Å². The van der Waals surface area contributed by atoms with E-state index in [0.29, 0.717) is 11.5 Å². The zero-order valence-electron chi connectivity index (χ0n) is 20.2. The van der Waals surface area contributed by atoms with Crippen LogP contribution in [0, 0.1) is 5.82 Å². The van der Waals surface area contributed by atoms with Gasteiger partial charge in [0.25, 0.3) is 0 Å².